The van der Waals surface area contributed by atoms with E-state index >= 15 is 0 Å². The lowest BCUT2D eigenvalue weighted by atomic mass is 10.1. The summed E-state index contributed by atoms with van der Waals surface area (Å²) in [6.07, 6.45) is 4.72. The van der Waals surface area contributed by atoms with Gasteiger partial charge in [-0.2, -0.15) is 0 Å². The van der Waals surface area contributed by atoms with Gasteiger partial charge in [0.05, 0.1) is 0 Å². The van der Waals surface area contributed by atoms with Gasteiger partial charge in [0, 0.05) is 25.5 Å². The lowest BCUT2D eigenvalue weighted by Gasteiger charge is -2.20. The number of nitrogens with one attached hydrogen (secondary N) is 1. The van der Waals surface area contributed by atoms with Crippen molar-refractivity contribution in [2.75, 3.05) is 13.1 Å². The second-order valence-electron chi connectivity index (χ2n) is 4.86. The molecule has 2 rings (SSSR count). The van der Waals surface area contributed by atoms with Gasteiger partial charge in [0.25, 0.3) is 0 Å². The number of hydrogen-bond donors (Lipinski definition) is 1. The number of amides is 1. The zero-order valence-electron chi connectivity index (χ0n) is 12.6. The molecule has 0 aliphatic carbocycles. The number of benzene rings is 1. The minimum Gasteiger partial charge on any atom is -0.333 e. The number of imidazole rings is 1. The first-order valence-electron chi connectivity index (χ1n) is 7.29. The van der Waals surface area contributed by atoms with E-state index in [1.54, 1.807) is 12.4 Å². The first kappa shape index (κ1) is 15.3. The van der Waals surface area contributed by atoms with E-state index in [0.29, 0.717) is 6.54 Å². The molecule has 0 bridgehead atoms. The van der Waals surface area contributed by atoms with Gasteiger partial charge >= 0.3 is 6.03 Å². The summed E-state index contributed by atoms with van der Waals surface area (Å²) in [4.78, 5) is 18.2. The maximum Gasteiger partial charge on any atom is 0.327 e. The standard InChI is InChI=1S/C16H22N4O/c1-3-19(4-2)12-15-8-6-5-7-14(15)11-18-16(21)20-10-9-17-13-20/h5-10,13H,3-4,11-12H2,1-2H3,(H,18,21). The van der Waals surface area contributed by atoms with Crippen LogP contribution in [0.1, 0.15) is 25.0 Å². The van der Waals surface area contributed by atoms with Crippen molar-refractivity contribution in [3.05, 3.63) is 54.1 Å². The van der Waals surface area contributed by atoms with Crippen LogP contribution in [0.25, 0.3) is 0 Å². The van der Waals surface area contributed by atoms with Gasteiger partial charge in [-0.15, -0.1) is 0 Å². The summed E-state index contributed by atoms with van der Waals surface area (Å²) in [5.74, 6) is 0. The summed E-state index contributed by atoms with van der Waals surface area (Å²) in [5.41, 5.74) is 2.41. The predicted octanol–water partition coefficient (Wildman–Crippen LogP) is 2.48. The molecule has 0 aliphatic heterocycles. The van der Waals surface area contributed by atoms with Crippen molar-refractivity contribution < 1.29 is 4.79 Å². The van der Waals surface area contributed by atoms with E-state index in [1.807, 2.05) is 12.1 Å². The summed E-state index contributed by atoms with van der Waals surface area (Å²) < 4.78 is 1.44. The van der Waals surface area contributed by atoms with Gasteiger partial charge in [0.1, 0.15) is 6.33 Å². The largest absolute Gasteiger partial charge is 0.333 e. The van der Waals surface area contributed by atoms with Gasteiger partial charge < -0.3 is 5.32 Å². The van der Waals surface area contributed by atoms with Gasteiger partial charge in [-0.1, -0.05) is 38.1 Å². The van der Waals surface area contributed by atoms with Crippen LogP contribution in [0, 0.1) is 0 Å². The van der Waals surface area contributed by atoms with Gasteiger partial charge in [-0.05, 0) is 24.2 Å². The predicted molar refractivity (Wildman–Crippen MR) is 82.9 cm³/mol. The fourth-order valence-electron chi connectivity index (χ4n) is 2.21. The zero-order chi connectivity index (χ0) is 15.1. The highest BCUT2D eigenvalue weighted by atomic mass is 16.2. The normalized spacial score (nSPS) is 10.8. The third-order valence-electron chi connectivity index (χ3n) is 3.58. The number of hydrogen-bond acceptors (Lipinski definition) is 3. The first-order chi connectivity index (χ1) is 10.2. The quantitative estimate of drug-likeness (QED) is 0.887. The first-order valence-corrected chi connectivity index (χ1v) is 7.29. The molecule has 5 nitrogen and oxygen atoms in total. The smallest absolute Gasteiger partial charge is 0.327 e. The molecule has 1 aromatic carbocycles. The Morgan fingerprint density at radius 3 is 2.57 bits per heavy atom. The molecule has 1 N–H and O–H groups in total. The van der Waals surface area contributed by atoms with Crippen LogP contribution in [-0.2, 0) is 13.1 Å². The Bertz CT molecular complexity index is 561. The van der Waals surface area contributed by atoms with Crippen molar-refractivity contribution in [3.8, 4) is 0 Å². The number of carbonyl (C=O) groups is 1. The molecular weight excluding hydrogens is 264 g/mol. The van der Waals surface area contributed by atoms with Crippen molar-refractivity contribution in [2.45, 2.75) is 26.9 Å². The third kappa shape index (κ3) is 4.16. The Hall–Kier alpha value is -2.14. The lowest BCUT2D eigenvalue weighted by molar-refractivity contribution is 0.242. The fraction of sp³-hybridized carbons (Fsp3) is 0.375. The molecule has 1 amide bonds. The van der Waals surface area contributed by atoms with E-state index < -0.39 is 0 Å². The van der Waals surface area contributed by atoms with E-state index in [9.17, 15) is 4.79 Å². The Kier molecular flexibility index (Phi) is 5.51. The molecule has 0 saturated heterocycles. The van der Waals surface area contributed by atoms with Crippen LogP contribution < -0.4 is 5.32 Å². The minimum atomic E-state index is -0.162. The molecule has 0 saturated carbocycles. The van der Waals surface area contributed by atoms with E-state index in [2.05, 4.69) is 41.2 Å². The number of carbonyl (C=O) groups excluding carboxylic acids is 1. The Balaban J connectivity index is 2.01. The van der Waals surface area contributed by atoms with Crippen LogP contribution in [-0.4, -0.2) is 33.6 Å². The second kappa shape index (κ2) is 7.59. The van der Waals surface area contributed by atoms with Crippen molar-refractivity contribution in [3.63, 3.8) is 0 Å². The Labute approximate surface area is 125 Å². The Morgan fingerprint density at radius 1 is 1.24 bits per heavy atom. The third-order valence-corrected chi connectivity index (χ3v) is 3.58. The molecule has 0 fully saturated rings. The molecule has 0 radical (unpaired) electrons. The molecule has 0 aliphatic rings. The SMILES string of the molecule is CCN(CC)Cc1ccccc1CNC(=O)n1ccnc1. The molecule has 0 spiro atoms. The van der Waals surface area contributed by atoms with Gasteiger partial charge in [0.15, 0.2) is 0 Å². The summed E-state index contributed by atoms with van der Waals surface area (Å²) in [6.45, 7) is 7.79. The number of nitrogens with zero attached hydrogens (tertiary/aromatic N) is 3. The van der Waals surface area contributed by atoms with Crippen LogP contribution in [0.3, 0.4) is 0 Å². The summed E-state index contributed by atoms with van der Waals surface area (Å²) in [6, 6.07) is 8.07. The van der Waals surface area contributed by atoms with E-state index in [0.717, 1.165) is 25.2 Å². The van der Waals surface area contributed by atoms with Crippen LogP contribution in [0.2, 0.25) is 0 Å². The van der Waals surface area contributed by atoms with Crippen LogP contribution in [0.5, 0.6) is 0 Å². The van der Waals surface area contributed by atoms with Crippen molar-refractivity contribution in [1.82, 2.24) is 19.8 Å². The summed E-state index contributed by atoms with van der Waals surface area (Å²) in [5, 5.41) is 2.92. The average Bonchev–Trinajstić information content (AvgIpc) is 3.05. The van der Waals surface area contributed by atoms with Crippen molar-refractivity contribution in [1.29, 1.82) is 0 Å². The van der Waals surface area contributed by atoms with E-state index in [4.69, 9.17) is 0 Å². The molecule has 1 heterocycles. The van der Waals surface area contributed by atoms with Gasteiger partial charge in [-0.25, -0.2) is 9.78 Å². The van der Waals surface area contributed by atoms with E-state index in [1.165, 1.54) is 16.5 Å². The summed E-state index contributed by atoms with van der Waals surface area (Å²) in [7, 11) is 0. The highest BCUT2D eigenvalue weighted by Gasteiger charge is 2.08. The molecule has 21 heavy (non-hydrogen) atoms. The van der Waals surface area contributed by atoms with Crippen LogP contribution in [0.15, 0.2) is 43.0 Å². The maximum absolute atomic E-state index is 11.9. The highest BCUT2D eigenvalue weighted by molar-refractivity contribution is 5.76. The van der Waals surface area contributed by atoms with Crippen molar-refractivity contribution >= 4 is 6.03 Å². The lowest BCUT2D eigenvalue weighted by Crippen LogP contribution is -2.28. The number of rotatable bonds is 6. The molecule has 2 aromatic rings. The zero-order valence-corrected chi connectivity index (χ0v) is 12.6. The molecule has 5 heteroatoms. The molecule has 1 aromatic heterocycles. The van der Waals surface area contributed by atoms with Crippen LogP contribution in [0.4, 0.5) is 4.79 Å². The highest BCUT2D eigenvalue weighted by Crippen LogP contribution is 2.11. The minimum absolute atomic E-state index is 0.162. The summed E-state index contributed by atoms with van der Waals surface area (Å²) >= 11 is 0. The average molecular weight is 286 g/mol. The maximum atomic E-state index is 11.9. The monoisotopic (exact) mass is 286 g/mol. The van der Waals surface area contributed by atoms with Gasteiger partial charge in [0.2, 0.25) is 0 Å². The van der Waals surface area contributed by atoms with E-state index in [-0.39, 0.29) is 6.03 Å². The van der Waals surface area contributed by atoms with Gasteiger partial charge in [-0.3, -0.25) is 9.47 Å². The molecule has 0 atom stereocenters. The fourth-order valence-corrected chi connectivity index (χ4v) is 2.21. The van der Waals surface area contributed by atoms with Crippen molar-refractivity contribution in [2.24, 2.45) is 0 Å². The molecule has 112 valence electrons. The molecule has 0 unspecified atom stereocenters. The molecular formula is C16H22N4O. The second-order valence-corrected chi connectivity index (χ2v) is 4.86. The Morgan fingerprint density at radius 2 is 1.95 bits per heavy atom. The topological polar surface area (TPSA) is 50.2 Å². The number of aromatic nitrogens is 2. The van der Waals surface area contributed by atoms with Crippen LogP contribution >= 0.6 is 0 Å².